The Labute approximate surface area is 248 Å². The van der Waals surface area contributed by atoms with E-state index in [0.29, 0.717) is 35.4 Å². The lowest BCUT2D eigenvalue weighted by atomic mass is 10.0. The highest BCUT2D eigenvalue weighted by atomic mass is 35.5. The summed E-state index contributed by atoms with van der Waals surface area (Å²) >= 11 is 12.5. The van der Waals surface area contributed by atoms with E-state index in [1.165, 1.54) is 16.8 Å². The fraction of sp³-hybridized carbons (Fsp3) is 0.379. The summed E-state index contributed by atoms with van der Waals surface area (Å²) in [6.45, 7) is 9.40. The van der Waals surface area contributed by atoms with Crippen molar-refractivity contribution in [3.8, 4) is 11.4 Å². The monoisotopic (exact) mass is 599 g/mol. The minimum Gasteiger partial charge on any atom is -0.392 e. The normalized spacial score (nSPS) is 17.8. The fourth-order valence-corrected chi connectivity index (χ4v) is 5.93. The average Bonchev–Trinajstić information content (AvgIpc) is 3.50. The average molecular weight is 601 g/mol. The standard InChI is InChI=1S/C29H32Cl2FN7O2/c1-17-12-36(29(41)11-25-19(3)34-39(20(25)4)28-8-6-22(30)9-26(28)31)13-18(2)37(17)14-23-15-38(35-33-23)24-7-5-21(16-40)27(32)10-24/h5-10,15,17-18,40H,11-14,16H2,1-4H3/t17-,18+. The number of aliphatic hydroxyl groups is 1. The number of aromatic nitrogens is 5. The summed E-state index contributed by atoms with van der Waals surface area (Å²) in [5.41, 5.74) is 4.77. The van der Waals surface area contributed by atoms with Crippen LogP contribution < -0.4 is 0 Å². The molecule has 12 heteroatoms. The Morgan fingerprint density at radius 3 is 2.49 bits per heavy atom. The molecule has 0 aliphatic carbocycles. The molecule has 0 spiro atoms. The van der Waals surface area contributed by atoms with E-state index in [2.05, 4.69) is 34.2 Å². The summed E-state index contributed by atoms with van der Waals surface area (Å²) in [5, 5.41) is 23.4. The van der Waals surface area contributed by atoms with Crippen molar-refractivity contribution in [1.29, 1.82) is 0 Å². The second kappa shape index (κ2) is 11.9. The molecule has 2 aromatic heterocycles. The molecule has 2 atom stereocenters. The third-order valence-electron chi connectivity index (χ3n) is 7.72. The van der Waals surface area contributed by atoms with Crippen LogP contribution in [0.2, 0.25) is 10.0 Å². The number of piperazine rings is 1. The number of aryl methyl sites for hydroxylation is 1. The third kappa shape index (κ3) is 6.01. The lowest BCUT2D eigenvalue weighted by molar-refractivity contribution is -0.135. The van der Waals surface area contributed by atoms with Crippen LogP contribution in [0, 0.1) is 19.7 Å². The van der Waals surface area contributed by atoms with E-state index >= 15 is 0 Å². The lowest BCUT2D eigenvalue weighted by Crippen LogP contribution is -2.57. The molecule has 1 N–H and O–H groups in total. The first-order valence-corrected chi connectivity index (χ1v) is 14.2. The van der Waals surface area contributed by atoms with Crippen molar-refractivity contribution in [2.75, 3.05) is 13.1 Å². The Morgan fingerprint density at radius 2 is 1.83 bits per heavy atom. The molecule has 0 radical (unpaired) electrons. The number of amides is 1. The maximum Gasteiger partial charge on any atom is 0.227 e. The number of carbonyl (C=O) groups excluding carboxylic acids is 1. The van der Waals surface area contributed by atoms with Crippen LogP contribution in [0.1, 0.15) is 42.1 Å². The Morgan fingerprint density at radius 1 is 1.10 bits per heavy atom. The molecule has 0 bridgehead atoms. The first-order valence-electron chi connectivity index (χ1n) is 13.4. The zero-order chi connectivity index (χ0) is 29.4. The van der Waals surface area contributed by atoms with Gasteiger partial charge in [0.2, 0.25) is 5.91 Å². The van der Waals surface area contributed by atoms with Crippen molar-refractivity contribution in [2.45, 2.75) is 59.4 Å². The van der Waals surface area contributed by atoms with Crippen molar-refractivity contribution in [3.05, 3.63) is 86.7 Å². The van der Waals surface area contributed by atoms with Gasteiger partial charge in [-0.3, -0.25) is 9.69 Å². The van der Waals surface area contributed by atoms with Crippen LogP contribution in [0.3, 0.4) is 0 Å². The number of benzene rings is 2. The molecule has 1 fully saturated rings. The van der Waals surface area contributed by atoms with Crippen LogP contribution in [0.5, 0.6) is 0 Å². The van der Waals surface area contributed by atoms with Crippen molar-refractivity contribution >= 4 is 29.1 Å². The minimum absolute atomic E-state index is 0.0515. The first kappa shape index (κ1) is 29.2. The van der Waals surface area contributed by atoms with Gasteiger partial charge in [0.05, 0.1) is 47.0 Å². The van der Waals surface area contributed by atoms with Gasteiger partial charge in [0.15, 0.2) is 0 Å². The Hall–Kier alpha value is -3.31. The molecule has 2 aromatic carbocycles. The summed E-state index contributed by atoms with van der Waals surface area (Å²) < 4.78 is 17.4. The first-order chi connectivity index (χ1) is 19.5. The molecule has 1 amide bonds. The van der Waals surface area contributed by atoms with Crippen molar-refractivity contribution in [3.63, 3.8) is 0 Å². The summed E-state index contributed by atoms with van der Waals surface area (Å²) in [5.74, 6) is -0.438. The summed E-state index contributed by atoms with van der Waals surface area (Å²) in [6.07, 6.45) is 2.03. The second-order valence-corrected chi connectivity index (χ2v) is 11.4. The third-order valence-corrected chi connectivity index (χ3v) is 8.26. The molecule has 1 aliphatic heterocycles. The van der Waals surface area contributed by atoms with Crippen LogP contribution in [0.15, 0.2) is 42.6 Å². The highest BCUT2D eigenvalue weighted by Crippen LogP contribution is 2.28. The molecule has 9 nitrogen and oxygen atoms in total. The van der Waals surface area contributed by atoms with Crippen molar-refractivity contribution in [1.82, 2.24) is 34.6 Å². The summed E-state index contributed by atoms with van der Waals surface area (Å²) in [6, 6.07) is 10.0. The van der Waals surface area contributed by atoms with Crippen LogP contribution in [0.25, 0.3) is 11.4 Å². The van der Waals surface area contributed by atoms with Gasteiger partial charge in [-0.25, -0.2) is 13.8 Å². The minimum atomic E-state index is -0.489. The Balaban J connectivity index is 1.24. The van der Waals surface area contributed by atoms with Crippen LogP contribution in [-0.2, 0) is 24.4 Å². The highest BCUT2D eigenvalue weighted by molar-refractivity contribution is 6.35. The molecular formula is C29H32Cl2FN7O2. The number of halogens is 3. The van der Waals surface area contributed by atoms with E-state index < -0.39 is 5.82 Å². The van der Waals surface area contributed by atoms with Gasteiger partial charge in [0.25, 0.3) is 0 Å². The van der Waals surface area contributed by atoms with Gasteiger partial charge < -0.3 is 10.0 Å². The summed E-state index contributed by atoms with van der Waals surface area (Å²) in [7, 11) is 0. The SMILES string of the molecule is Cc1nn(-c2ccc(Cl)cc2Cl)c(C)c1CC(=O)N1C[C@@H](C)N(Cc2cn(-c3ccc(CO)c(F)c3)nn2)[C@@H](C)C1. The van der Waals surface area contributed by atoms with E-state index in [1.807, 2.05) is 24.8 Å². The fourth-order valence-electron chi connectivity index (χ4n) is 5.44. The van der Waals surface area contributed by atoms with Gasteiger partial charge in [0.1, 0.15) is 5.82 Å². The van der Waals surface area contributed by atoms with E-state index in [4.69, 9.17) is 23.2 Å². The van der Waals surface area contributed by atoms with Crippen LogP contribution >= 0.6 is 23.2 Å². The van der Waals surface area contributed by atoms with Crippen molar-refractivity contribution in [2.24, 2.45) is 0 Å². The lowest BCUT2D eigenvalue weighted by Gasteiger charge is -2.44. The largest absolute Gasteiger partial charge is 0.392 e. The number of nitrogens with zero attached hydrogens (tertiary/aromatic N) is 7. The van der Waals surface area contributed by atoms with E-state index in [-0.39, 0.29) is 36.6 Å². The number of hydrogen-bond donors (Lipinski definition) is 1. The van der Waals surface area contributed by atoms with Crippen molar-refractivity contribution < 1.29 is 14.3 Å². The molecule has 1 saturated heterocycles. The van der Waals surface area contributed by atoms with Gasteiger partial charge in [0, 0.05) is 53.6 Å². The zero-order valence-corrected chi connectivity index (χ0v) is 24.9. The topological polar surface area (TPSA) is 92.3 Å². The van der Waals surface area contributed by atoms with Crippen LogP contribution in [-0.4, -0.2) is 70.8 Å². The van der Waals surface area contributed by atoms with Crippen LogP contribution in [0.4, 0.5) is 4.39 Å². The number of rotatable bonds is 7. The molecule has 0 unspecified atom stereocenters. The van der Waals surface area contributed by atoms with Gasteiger partial charge in [-0.2, -0.15) is 5.10 Å². The van der Waals surface area contributed by atoms with Gasteiger partial charge >= 0.3 is 0 Å². The quantitative estimate of drug-likeness (QED) is 0.332. The van der Waals surface area contributed by atoms with Gasteiger partial charge in [-0.05, 0) is 58.0 Å². The zero-order valence-electron chi connectivity index (χ0n) is 23.4. The number of aliphatic hydroxyl groups excluding tert-OH is 1. The van der Waals surface area contributed by atoms with E-state index in [0.717, 1.165) is 28.3 Å². The summed E-state index contributed by atoms with van der Waals surface area (Å²) in [4.78, 5) is 17.7. The molecule has 216 valence electrons. The smallest absolute Gasteiger partial charge is 0.227 e. The predicted molar refractivity (Wildman–Crippen MR) is 155 cm³/mol. The number of carbonyl (C=O) groups is 1. The molecule has 0 saturated carbocycles. The van der Waals surface area contributed by atoms with E-state index in [1.54, 1.807) is 29.1 Å². The molecular weight excluding hydrogens is 568 g/mol. The van der Waals surface area contributed by atoms with E-state index in [9.17, 15) is 14.3 Å². The molecule has 5 rings (SSSR count). The maximum absolute atomic E-state index is 14.1. The molecule has 4 aromatic rings. The molecule has 41 heavy (non-hydrogen) atoms. The predicted octanol–water partition coefficient (Wildman–Crippen LogP) is 4.67. The molecule has 1 aliphatic rings. The van der Waals surface area contributed by atoms with Gasteiger partial charge in [-0.1, -0.05) is 34.5 Å². The Bertz CT molecular complexity index is 1580. The maximum atomic E-state index is 14.1. The Kier molecular flexibility index (Phi) is 8.47. The number of hydrogen-bond acceptors (Lipinski definition) is 6. The highest BCUT2D eigenvalue weighted by Gasteiger charge is 2.33. The second-order valence-electron chi connectivity index (χ2n) is 10.6. The van der Waals surface area contributed by atoms with Gasteiger partial charge in [-0.15, -0.1) is 5.10 Å². The molecule has 3 heterocycles.